The summed E-state index contributed by atoms with van der Waals surface area (Å²) < 4.78 is 5.61. The lowest BCUT2D eigenvalue weighted by Gasteiger charge is -2.00. The molecule has 1 N–H and O–H groups in total. The van der Waals surface area contributed by atoms with Crippen molar-refractivity contribution in [1.82, 2.24) is 4.98 Å². The molecule has 0 radical (unpaired) electrons. The standard InChI is InChI=1S/C12H12N2O3S/c1-7-3-4-9-10(5-7)18-12(13-9)14-11(16)6-17-8(2)15/h3-5H,6H2,1-2H3,(H,13,14,16). The van der Waals surface area contributed by atoms with Crippen LogP contribution in [0.25, 0.3) is 10.2 Å². The van der Waals surface area contributed by atoms with E-state index in [0.29, 0.717) is 5.13 Å². The van der Waals surface area contributed by atoms with Gasteiger partial charge in [0.05, 0.1) is 10.2 Å². The van der Waals surface area contributed by atoms with Crippen molar-refractivity contribution in [2.45, 2.75) is 13.8 Å². The van der Waals surface area contributed by atoms with Crippen LogP contribution in [0.4, 0.5) is 5.13 Å². The molecule has 1 aromatic carbocycles. The normalized spacial score (nSPS) is 10.3. The largest absolute Gasteiger partial charge is 0.456 e. The van der Waals surface area contributed by atoms with Crippen LogP contribution < -0.4 is 5.32 Å². The molecule has 1 heterocycles. The molecule has 5 nitrogen and oxygen atoms in total. The third-order valence-corrected chi connectivity index (χ3v) is 3.13. The molecule has 0 atom stereocenters. The van der Waals surface area contributed by atoms with Gasteiger partial charge in [0, 0.05) is 6.92 Å². The number of fused-ring (bicyclic) bond motifs is 1. The quantitative estimate of drug-likeness (QED) is 0.862. The molecule has 0 aliphatic carbocycles. The Kier molecular flexibility index (Phi) is 3.57. The number of carbonyl (C=O) groups excluding carboxylic acids is 2. The van der Waals surface area contributed by atoms with Gasteiger partial charge in [-0.1, -0.05) is 17.4 Å². The van der Waals surface area contributed by atoms with E-state index >= 15 is 0 Å². The van der Waals surface area contributed by atoms with Crippen molar-refractivity contribution in [3.8, 4) is 0 Å². The Hall–Kier alpha value is -1.95. The summed E-state index contributed by atoms with van der Waals surface area (Å²) >= 11 is 1.39. The maximum absolute atomic E-state index is 11.4. The average Bonchev–Trinajstić information content (AvgIpc) is 2.67. The zero-order valence-electron chi connectivity index (χ0n) is 10.0. The number of nitrogens with zero attached hydrogens (tertiary/aromatic N) is 1. The monoisotopic (exact) mass is 264 g/mol. The molecular formula is C12H12N2O3S. The van der Waals surface area contributed by atoms with Crippen LogP contribution in [0.1, 0.15) is 12.5 Å². The second-order valence-corrected chi connectivity index (χ2v) is 4.85. The molecular weight excluding hydrogens is 252 g/mol. The van der Waals surface area contributed by atoms with Gasteiger partial charge < -0.3 is 4.74 Å². The molecule has 0 fully saturated rings. The summed E-state index contributed by atoms with van der Waals surface area (Å²) in [5.41, 5.74) is 1.98. The highest BCUT2D eigenvalue weighted by molar-refractivity contribution is 7.22. The minimum atomic E-state index is -0.481. The highest BCUT2D eigenvalue weighted by atomic mass is 32.1. The first-order valence-electron chi connectivity index (χ1n) is 5.35. The fourth-order valence-corrected chi connectivity index (χ4v) is 2.39. The second kappa shape index (κ2) is 5.14. The Balaban J connectivity index is 2.07. The third kappa shape index (κ3) is 3.04. The summed E-state index contributed by atoms with van der Waals surface area (Å²) in [5.74, 6) is -0.869. The van der Waals surface area contributed by atoms with E-state index < -0.39 is 5.97 Å². The Morgan fingerprint density at radius 3 is 2.94 bits per heavy atom. The third-order valence-electron chi connectivity index (χ3n) is 2.20. The van der Waals surface area contributed by atoms with Crippen molar-refractivity contribution >= 4 is 38.6 Å². The summed E-state index contributed by atoms with van der Waals surface area (Å²) in [5, 5.41) is 3.10. The number of rotatable bonds is 3. The van der Waals surface area contributed by atoms with Gasteiger partial charge in [-0.25, -0.2) is 4.98 Å². The second-order valence-electron chi connectivity index (χ2n) is 3.82. The summed E-state index contributed by atoms with van der Waals surface area (Å²) in [6.07, 6.45) is 0. The zero-order chi connectivity index (χ0) is 13.1. The van der Waals surface area contributed by atoms with Gasteiger partial charge >= 0.3 is 5.97 Å². The first-order chi connectivity index (χ1) is 8.54. The maximum Gasteiger partial charge on any atom is 0.303 e. The van der Waals surface area contributed by atoms with Crippen molar-refractivity contribution in [2.24, 2.45) is 0 Å². The molecule has 0 aliphatic rings. The fraction of sp³-hybridized carbons (Fsp3) is 0.250. The van der Waals surface area contributed by atoms with Gasteiger partial charge in [-0.3, -0.25) is 14.9 Å². The summed E-state index contributed by atoms with van der Waals surface area (Å²) in [4.78, 5) is 26.3. The molecule has 2 rings (SSSR count). The van der Waals surface area contributed by atoms with Gasteiger partial charge in [0.2, 0.25) is 0 Å². The lowest BCUT2D eigenvalue weighted by molar-refractivity contribution is -0.144. The van der Waals surface area contributed by atoms with E-state index in [1.165, 1.54) is 18.3 Å². The fourth-order valence-electron chi connectivity index (χ4n) is 1.41. The predicted octanol–water partition coefficient (Wildman–Crippen LogP) is 2.11. The van der Waals surface area contributed by atoms with Crippen LogP contribution in [-0.4, -0.2) is 23.5 Å². The molecule has 0 unspecified atom stereocenters. The Bertz CT molecular complexity index is 606. The van der Waals surface area contributed by atoms with Gasteiger partial charge in [-0.2, -0.15) is 0 Å². The van der Waals surface area contributed by atoms with E-state index in [-0.39, 0.29) is 12.5 Å². The molecule has 1 aromatic heterocycles. The van der Waals surface area contributed by atoms with Crippen molar-refractivity contribution in [3.05, 3.63) is 23.8 Å². The van der Waals surface area contributed by atoms with Crippen LogP contribution in [0.5, 0.6) is 0 Å². The van der Waals surface area contributed by atoms with Gasteiger partial charge in [-0.15, -0.1) is 0 Å². The van der Waals surface area contributed by atoms with E-state index in [2.05, 4.69) is 15.0 Å². The van der Waals surface area contributed by atoms with Crippen LogP contribution in [0.3, 0.4) is 0 Å². The molecule has 18 heavy (non-hydrogen) atoms. The molecule has 94 valence electrons. The number of hydrogen-bond donors (Lipinski definition) is 1. The number of nitrogens with one attached hydrogen (secondary N) is 1. The van der Waals surface area contributed by atoms with Gasteiger partial charge in [0.15, 0.2) is 11.7 Å². The molecule has 0 bridgehead atoms. The number of ether oxygens (including phenoxy) is 1. The van der Waals surface area contributed by atoms with Gasteiger partial charge in [-0.05, 0) is 24.6 Å². The molecule has 0 saturated heterocycles. The highest BCUT2D eigenvalue weighted by Gasteiger charge is 2.08. The molecule has 0 spiro atoms. The van der Waals surface area contributed by atoms with E-state index in [1.807, 2.05) is 25.1 Å². The number of benzene rings is 1. The van der Waals surface area contributed by atoms with E-state index in [4.69, 9.17) is 0 Å². The summed E-state index contributed by atoms with van der Waals surface area (Å²) in [6, 6.07) is 5.88. The number of thiazole rings is 1. The van der Waals surface area contributed by atoms with Crippen LogP contribution in [0, 0.1) is 6.92 Å². The Labute approximate surface area is 108 Å². The minimum Gasteiger partial charge on any atom is -0.456 e. The Morgan fingerprint density at radius 1 is 1.44 bits per heavy atom. The highest BCUT2D eigenvalue weighted by Crippen LogP contribution is 2.26. The average molecular weight is 264 g/mol. The number of aryl methyl sites for hydroxylation is 1. The lowest BCUT2D eigenvalue weighted by Crippen LogP contribution is -2.19. The minimum absolute atomic E-state index is 0.287. The van der Waals surface area contributed by atoms with Crippen LogP contribution in [0.2, 0.25) is 0 Å². The first-order valence-corrected chi connectivity index (χ1v) is 6.16. The number of aromatic nitrogens is 1. The molecule has 0 aliphatic heterocycles. The molecule has 2 aromatic rings. The predicted molar refractivity (Wildman–Crippen MR) is 69.6 cm³/mol. The maximum atomic E-state index is 11.4. The van der Waals surface area contributed by atoms with Crippen LogP contribution >= 0.6 is 11.3 Å². The van der Waals surface area contributed by atoms with E-state index in [0.717, 1.165) is 15.8 Å². The molecule has 6 heteroatoms. The van der Waals surface area contributed by atoms with Crippen molar-refractivity contribution in [2.75, 3.05) is 11.9 Å². The number of carbonyl (C=O) groups is 2. The molecule has 1 amide bonds. The number of esters is 1. The van der Waals surface area contributed by atoms with Crippen molar-refractivity contribution < 1.29 is 14.3 Å². The number of anilines is 1. The SMILES string of the molecule is CC(=O)OCC(=O)Nc1nc2ccc(C)cc2s1. The van der Waals surface area contributed by atoms with Crippen molar-refractivity contribution in [1.29, 1.82) is 0 Å². The first kappa shape index (κ1) is 12.5. The number of hydrogen-bond acceptors (Lipinski definition) is 5. The van der Waals surface area contributed by atoms with E-state index in [1.54, 1.807) is 0 Å². The zero-order valence-corrected chi connectivity index (χ0v) is 10.8. The number of amides is 1. The van der Waals surface area contributed by atoms with Crippen molar-refractivity contribution in [3.63, 3.8) is 0 Å². The van der Waals surface area contributed by atoms with Crippen LogP contribution in [-0.2, 0) is 14.3 Å². The topological polar surface area (TPSA) is 68.3 Å². The summed E-state index contributed by atoms with van der Waals surface area (Å²) in [6.45, 7) is 2.97. The lowest BCUT2D eigenvalue weighted by atomic mass is 10.2. The van der Waals surface area contributed by atoms with Gasteiger partial charge in [0.25, 0.3) is 5.91 Å². The van der Waals surface area contributed by atoms with Crippen LogP contribution in [0.15, 0.2) is 18.2 Å². The summed E-state index contributed by atoms with van der Waals surface area (Å²) in [7, 11) is 0. The van der Waals surface area contributed by atoms with E-state index in [9.17, 15) is 9.59 Å². The Morgan fingerprint density at radius 2 is 2.22 bits per heavy atom. The smallest absolute Gasteiger partial charge is 0.303 e. The van der Waals surface area contributed by atoms with Gasteiger partial charge in [0.1, 0.15) is 0 Å². The molecule has 0 saturated carbocycles.